The molecule has 1 amide bonds. The van der Waals surface area contributed by atoms with Crippen molar-refractivity contribution in [1.82, 2.24) is 10.2 Å². The Hall–Kier alpha value is -1.14. The zero-order chi connectivity index (χ0) is 18.1. The average Bonchev–Trinajstić information content (AvgIpc) is 3.28. The maximum atomic E-state index is 12.5. The van der Waals surface area contributed by atoms with Gasteiger partial charge in [0.2, 0.25) is 0 Å². The maximum Gasteiger partial charge on any atom is 0.252 e. The van der Waals surface area contributed by atoms with Crippen LogP contribution in [0.1, 0.15) is 30.1 Å². The second-order valence-corrected chi connectivity index (χ2v) is 8.06. The van der Waals surface area contributed by atoms with Gasteiger partial charge in [-0.2, -0.15) is 0 Å². The van der Waals surface area contributed by atoms with E-state index in [4.69, 9.17) is 21.1 Å². The molecule has 1 spiro atoms. The third-order valence-corrected chi connectivity index (χ3v) is 6.56. The van der Waals surface area contributed by atoms with Crippen molar-refractivity contribution in [2.24, 2.45) is 11.8 Å². The van der Waals surface area contributed by atoms with Crippen LogP contribution in [0, 0.1) is 11.8 Å². The van der Waals surface area contributed by atoms with Crippen LogP contribution < -0.4 is 5.32 Å². The molecule has 1 aromatic rings. The zero-order valence-corrected chi connectivity index (χ0v) is 16.0. The Morgan fingerprint density at radius 3 is 3.12 bits per heavy atom. The van der Waals surface area contributed by atoms with Gasteiger partial charge < -0.3 is 14.8 Å². The monoisotopic (exact) mass is 378 g/mol. The molecule has 142 valence electrons. The fourth-order valence-corrected chi connectivity index (χ4v) is 5.24. The molecular formula is C20H27ClN2O3. The van der Waals surface area contributed by atoms with E-state index in [1.807, 2.05) is 19.1 Å². The van der Waals surface area contributed by atoms with Crippen molar-refractivity contribution in [3.05, 3.63) is 34.9 Å². The molecule has 0 radical (unpaired) electrons. The number of amides is 1. The summed E-state index contributed by atoms with van der Waals surface area (Å²) in [4.78, 5) is 15.0. The molecule has 6 heteroatoms. The summed E-state index contributed by atoms with van der Waals surface area (Å²) in [5.41, 5.74) is 0.536. The number of ether oxygens (including phenoxy) is 2. The third-order valence-electron chi connectivity index (χ3n) is 6.23. The van der Waals surface area contributed by atoms with E-state index in [-0.39, 0.29) is 17.6 Å². The Labute approximate surface area is 160 Å². The number of fused-ring (bicyclic) bond motifs is 1. The quantitative estimate of drug-likeness (QED) is 0.741. The number of nitrogens with one attached hydrogen (secondary N) is 1. The van der Waals surface area contributed by atoms with Crippen LogP contribution in [0.15, 0.2) is 24.3 Å². The molecule has 1 N–H and O–H groups in total. The summed E-state index contributed by atoms with van der Waals surface area (Å²) < 4.78 is 11.9. The fourth-order valence-electron chi connectivity index (χ4n) is 5.02. The molecule has 4 atom stereocenters. The summed E-state index contributed by atoms with van der Waals surface area (Å²) in [6, 6.07) is 7.19. The topological polar surface area (TPSA) is 50.8 Å². The van der Waals surface area contributed by atoms with Crippen LogP contribution in [0.2, 0.25) is 5.02 Å². The first kappa shape index (κ1) is 18.2. The molecule has 2 bridgehead atoms. The number of benzene rings is 1. The lowest BCUT2D eigenvalue weighted by molar-refractivity contribution is 0.000447. The van der Waals surface area contributed by atoms with Gasteiger partial charge in [0.15, 0.2) is 0 Å². The van der Waals surface area contributed by atoms with Gasteiger partial charge in [-0.3, -0.25) is 9.69 Å². The summed E-state index contributed by atoms with van der Waals surface area (Å²) in [5.74, 6) is 0.778. The van der Waals surface area contributed by atoms with Crippen molar-refractivity contribution in [3.8, 4) is 0 Å². The van der Waals surface area contributed by atoms with Crippen LogP contribution >= 0.6 is 11.6 Å². The van der Waals surface area contributed by atoms with E-state index in [2.05, 4.69) is 10.2 Å². The SMILES string of the molecule is CCOCCN1C[C@@H]2[C@H](CNC(=O)c3ccccc3Cl)[C@H]3CC[C@]2(C1)O3. The molecule has 3 fully saturated rings. The Balaban J connectivity index is 1.37. The summed E-state index contributed by atoms with van der Waals surface area (Å²) in [7, 11) is 0. The molecule has 26 heavy (non-hydrogen) atoms. The number of hydrogen-bond donors (Lipinski definition) is 1. The van der Waals surface area contributed by atoms with E-state index in [9.17, 15) is 4.79 Å². The number of carbonyl (C=O) groups excluding carboxylic acids is 1. The minimum absolute atomic E-state index is 0.00331. The molecule has 3 saturated heterocycles. The van der Waals surface area contributed by atoms with Gasteiger partial charge in [-0.1, -0.05) is 23.7 Å². The predicted molar refractivity (Wildman–Crippen MR) is 101 cm³/mol. The highest BCUT2D eigenvalue weighted by Gasteiger charge is 2.62. The summed E-state index contributed by atoms with van der Waals surface area (Å²) in [5, 5.41) is 3.59. The number of halogens is 1. The minimum Gasteiger partial charge on any atom is -0.380 e. The molecule has 3 aliphatic rings. The smallest absolute Gasteiger partial charge is 0.252 e. The van der Waals surface area contributed by atoms with E-state index >= 15 is 0 Å². The molecule has 0 saturated carbocycles. The van der Waals surface area contributed by atoms with Crippen LogP contribution in [0.4, 0.5) is 0 Å². The molecule has 3 aliphatic heterocycles. The maximum absolute atomic E-state index is 12.5. The Morgan fingerprint density at radius 1 is 1.46 bits per heavy atom. The van der Waals surface area contributed by atoms with E-state index < -0.39 is 0 Å². The number of rotatable bonds is 7. The molecule has 0 aliphatic carbocycles. The molecule has 0 aromatic heterocycles. The van der Waals surface area contributed by atoms with Crippen LogP contribution in [0.3, 0.4) is 0 Å². The van der Waals surface area contributed by atoms with Gasteiger partial charge in [-0.25, -0.2) is 0 Å². The van der Waals surface area contributed by atoms with Crippen molar-refractivity contribution in [2.75, 3.05) is 39.4 Å². The normalized spacial score (nSPS) is 32.8. The van der Waals surface area contributed by atoms with Gasteiger partial charge in [-0.05, 0) is 31.9 Å². The fraction of sp³-hybridized carbons (Fsp3) is 0.650. The number of hydrogen-bond acceptors (Lipinski definition) is 4. The highest BCUT2D eigenvalue weighted by atomic mass is 35.5. The van der Waals surface area contributed by atoms with Crippen LogP contribution in [-0.2, 0) is 9.47 Å². The highest BCUT2D eigenvalue weighted by molar-refractivity contribution is 6.33. The van der Waals surface area contributed by atoms with Crippen molar-refractivity contribution in [1.29, 1.82) is 0 Å². The van der Waals surface area contributed by atoms with Gasteiger partial charge in [-0.15, -0.1) is 0 Å². The van der Waals surface area contributed by atoms with Gasteiger partial charge in [0.1, 0.15) is 0 Å². The molecule has 3 heterocycles. The first-order valence-corrected chi connectivity index (χ1v) is 10.0. The van der Waals surface area contributed by atoms with Gasteiger partial charge in [0.25, 0.3) is 5.91 Å². The Morgan fingerprint density at radius 2 is 2.31 bits per heavy atom. The van der Waals surface area contributed by atoms with Crippen LogP contribution in [0.25, 0.3) is 0 Å². The van der Waals surface area contributed by atoms with Gasteiger partial charge >= 0.3 is 0 Å². The van der Waals surface area contributed by atoms with E-state index in [0.717, 1.165) is 45.7 Å². The summed E-state index contributed by atoms with van der Waals surface area (Å²) in [6.07, 6.45) is 2.52. The first-order valence-electron chi connectivity index (χ1n) is 9.63. The highest BCUT2D eigenvalue weighted by Crippen LogP contribution is 2.54. The lowest BCUT2D eigenvalue weighted by atomic mass is 9.73. The van der Waals surface area contributed by atoms with Gasteiger partial charge in [0, 0.05) is 44.6 Å². The summed E-state index contributed by atoms with van der Waals surface area (Å²) >= 11 is 6.14. The van der Waals surface area contributed by atoms with E-state index in [1.165, 1.54) is 0 Å². The van der Waals surface area contributed by atoms with Gasteiger partial charge in [0.05, 0.1) is 28.9 Å². The largest absolute Gasteiger partial charge is 0.380 e. The number of likely N-dealkylation sites (tertiary alicyclic amines) is 1. The zero-order valence-electron chi connectivity index (χ0n) is 15.2. The number of carbonyl (C=O) groups is 1. The average molecular weight is 379 g/mol. The molecule has 0 unspecified atom stereocenters. The first-order chi connectivity index (χ1) is 12.6. The van der Waals surface area contributed by atoms with E-state index in [1.54, 1.807) is 12.1 Å². The molecule has 1 aromatic carbocycles. The molecular weight excluding hydrogens is 352 g/mol. The predicted octanol–water partition coefficient (Wildman–Crippen LogP) is 2.59. The molecule has 5 nitrogen and oxygen atoms in total. The lowest BCUT2D eigenvalue weighted by Gasteiger charge is -2.29. The van der Waals surface area contributed by atoms with Crippen molar-refractivity contribution in [3.63, 3.8) is 0 Å². The number of nitrogens with zero attached hydrogens (tertiary/aromatic N) is 1. The van der Waals surface area contributed by atoms with Crippen LogP contribution in [0.5, 0.6) is 0 Å². The standard InChI is InChI=1S/C20H27ClN2O3/c1-2-25-10-9-23-12-16-15(18-7-8-20(16,13-23)26-18)11-22-19(24)14-5-3-4-6-17(14)21/h3-6,15-16,18H,2,7-13H2,1H3,(H,22,24)/t15-,16+,18+,20+/m0/s1. The van der Waals surface area contributed by atoms with Crippen molar-refractivity contribution in [2.45, 2.75) is 31.5 Å². The Kier molecular flexibility index (Phi) is 5.24. The summed E-state index contributed by atoms with van der Waals surface area (Å²) in [6.45, 7) is 7.21. The third kappa shape index (κ3) is 3.26. The van der Waals surface area contributed by atoms with Crippen LogP contribution in [-0.4, -0.2) is 61.9 Å². The minimum atomic E-state index is -0.0985. The second kappa shape index (κ2) is 7.47. The van der Waals surface area contributed by atoms with Crippen molar-refractivity contribution >= 4 is 17.5 Å². The van der Waals surface area contributed by atoms with Crippen molar-refractivity contribution < 1.29 is 14.3 Å². The van der Waals surface area contributed by atoms with E-state index in [0.29, 0.717) is 29.0 Å². The molecule has 4 rings (SSSR count). The second-order valence-electron chi connectivity index (χ2n) is 7.65. The Bertz CT molecular complexity index is 670. The lowest BCUT2D eigenvalue weighted by Crippen LogP contribution is -2.41.